The molecule has 0 radical (unpaired) electrons. The number of carbonyl (C=O) groups excluding carboxylic acids is 4. The predicted octanol–water partition coefficient (Wildman–Crippen LogP) is 4.90. The minimum absolute atomic E-state index is 0.206. The molecule has 1 aliphatic rings. The van der Waals surface area contributed by atoms with Gasteiger partial charge in [0.05, 0.1) is 11.3 Å². The highest BCUT2D eigenvalue weighted by Crippen LogP contribution is 2.36. The molecule has 0 fully saturated rings. The third-order valence-corrected chi connectivity index (χ3v) is 6.87. The molecular weight excluding hydrogens is 492 g/mol. The van der Waals surface area contributed by atoms with E-state index < -0.39 is 23.9 Å². The maximum atomic E-state index is 14.4. The van der Waals surface area contributed by atoms with Crippen molar-refractivity contribution in [3.05, 3.63) is 95.6 Å². The minimum Gasteiger partial charge on any atom is -0.350 e. The zero-order chi connectivity index (χ0) is 27.9. The quantitative estimate of drug-likeness (QED) is 0.369. The van der Waals surface area contributed by atoms with Crippen LogP contribution in [0.2, 0.25) is 0 Å². The molecule has 3 aromatic carbocycles. The molecule has 0 aliphatic carbocycles. The largest absolute Gasteiger partial charge is 0.350 e. The number of carbonyl (C=O) groups is 4. The summed E-state index contributed by atoms with van der Waals surface area (Å²) in [7, 11) is 0. The smallest absolute Gasteiger partial charge is 0.257 e. The van der Waals surface area contributed by atoms with Gasteiger partial charge in [0.15, 0.2) is 0 Å². The van der Waals surface area contributed by atoms with Gasteiger partial charge >= 0.3 is 0 Å². The van der Waals surface area contributed by atoms with E-state index in [1.807, 2.05) is 50.2 Å². The monoisotopic (exact) mass is 526 g/mol. The number of benzene rings is 3. The molecule has 0 saturated carbocycles. The third-order valence-electron chi connectivity index (χ3n) is 6.87. The normalized spacial score (nSPS) is 16.4. The van der Waals surface area contributed by atoms with Gasteiger partial charge in [-0.2, -0.15) is 0 Å². The third kappa shape index (κ3) is 6.34. The molecule has 0 spiro atoms. The highest BCUT2D eigenvalue weighted by atomic mass is 16.2. The minimum atomic E-state index is -1.04. The maximum absolute atomic E-state index is 14.4. The number of hydrogen-bond donors (Lipinski definition) is 3. The van der Waals surface area contributed by atoms with E-state index in [9.17, 15) is 19.2 Å². The Morgan fingerprint density at radius 3 is 2.28 bits per heavy atom. The summed E-state index contributed by atoms with van der Waals surface area (Å²) in [6, 6.07) is 21.4. The SMILES string of the molecule is CCCC(C)C(C(=O)NCc1ccccc1)N1C(=O)c2cc(NC(C)=O)ccc2NC(=O)[C@@H]1c1ccccc1. The van der Waals surface area contributed by atoms with Crippen molar-refractivity contribution in [3.8, 4) is 0 Å². The Bertz CT molecular complexity index is 1340. The zero-order valence-electron chi connectivity index (χ0n) is 22.4. The average molecular weight is 527 g/mol. The van der Waals surface area contributed by atoms with Crippen LogP contribution in [-0.4, -0.2) is 34.6 Å². The van der Waals surface area contributed by atoms with E-state index in [0.29, 0.717) is 29.9 Å². The summed E-state index contributed by atoms with van der Waals surface area (Å²) in [6.45, 7) is 5.63. The summed E-state index contributed by atoms with van der Waals surface area (Å²) in [6.07, 6.45) is 1.48. The molecule has 4 amide bonds. The predicted molar refractivity (Wildman–Crippen MR) is 151 cm³/mol. The van der Waals surface area contributed by atoms with Gasteiger partial charge in [-0.05, 0) is 41.7 Å². The molecule has 39 heavy (non-hydrogen) atoms. The Morgan fingerprint density at radius 1 is 0.974 bits per heavy atom. The van der Waals surface area contributed by atoms with Gasteiger partial charge in [0, 0.05) is 19.2 Å². The molecule has 3 aromatic rings. The van der Waals surface area contributed by atoms with Gasteiger partial charge in [0.2, 0.25) is 11.8 Å². The van der Waals surface area contributed by atoms with Crippen LogP contribution in [0.1, 0.15) is 61.1 Å². The van der Waals surface area contributed by atoms with E-state index in [1.54, 1.807) is 42.5 Å². The van der Waals surface area contributed by atoms with Crippen LogP contribution in [0.4, 0.5) is 11.4 Å². The van der Waals surface area contributed by atoms with Gasteiger partial charge in [-0.1, -0.05) is 80.9 Å². The Hall–Kier alpha value is -4.46. The number of hydrogen-bond acceptors (Lipinski definition) is 4. The van der Waals surface area contributed by atoms with Gasteiger partial charge in [0.25, 0.3) is 11.8 Å². The second-order valence-corrected chi connectivity index (χ2v) is 9.87. The van der Waals surface area contributed by atoms with Crippen molar-refractivity contribution in [3.63, 3.8) is 0 Å². The topological polar surface area (TPSA) is 108 Å². The van der Waals surface area contributed by atoms with Gasteiger partial charge in [-0.15, -0.1) is 0 Å². The van der Waals surface area contributed by atoms with Crippen LogP contribution in [0, 0.1) is 5.92 Å². The molecule has 3 N–H and O–H groups in total. The highest BCUT2D eigenvalue weighted by molar-refractivity contribution is 6.12. The van der Waals surface area contributed by atoms with Crippen molar-refractivity contribution in [2.45, 2.75) is 52.2 Å². The first-order valence-electron chi connectivity index (χ1n) is 13.2. The number of anilines is 2. The fraction of sp³-hybridized carbons (Fsp3) is 0.290. The second-order valence-electron chi connectivity index (χ2n) is 9.87. The van der Waals surface area contributed by atoms with E-state index in [0.717, 1.165) is 12.0 Å². The number of nitrogens with zero attached hydrogens (tertiary/aromatic N) is 1. The highest BCUT2D eigenvalue weighted by Gasteiger charge is 2.44. The van der Waals surface area contributed by atoms with E-state index in [2.05, 4.69) is 16.0 Å². The lowest BCUT2D eigenvalue weighted by atomic mass is 9.91. The van der Waals surface area contributed by atoms with E-state index in [1.165, 1.54) is 11.8 Å². The number of rotatable bonds is 9. The molecule has 3 atom stereocenters. The molecular formula is C31H34N4O4. The molecule has 0 aromatic heterocycles. The lowest BCUT2D eigenvalue weighted by Crippen LogP contribution is -2.55. The van der Waals surface area contributed by atoms with Crippen LogP contribution in [-0.2, 0) is 20.9 Å². The summed E-state index contributed by atoms with van der Waals surface area (Å²) in [5.41, 5.74) is 2.49. The first-order valence-corrected chi connectivity index (χ1v) is 13.2. The van der Waals surface area contributed by atoms with Crippen LogP contribution in [0.25, 0.3) is 0 Å². The van der Waals surface area contributed by atoms with Crippen molar-refractivity contribution in [2.75, 3.05) is 10.6 Å². The lowest BCUT2D eigenvalue weighted by Gasteiger charge is -2.38. The summed E-state index contributed by atoms with van der Waals surface area (Å²) in [5, 5.41) is 8.59. The number of amides is 4. The molecule has 202 valence electrons. The van der Waals surface area contributed by atoms with E-state index in [4.69, 9.17) is 0 Å². The van der Waals surface area contributed by atoms with Crippen molar-refractivity contribution >= 4 is 35.0 Å². The number of nitrogens with one attached hydrogen (secondary N) is 3. The Kier molecular flexibility index (Phi) is 8.76. The first kappa shape index (κ1) is 27.6. The van der Waals surface area contributed by atoms with Gasteiger partial charge in [0.1, 0.15) is 12.1 Å². The fourth-order valence-electron chi connectivity index (χ4n) is 5.09. The summed E-state index contributed by atoms with van der Waals surface area (Å²) < 4.78 is 0. The van der Waals surface area contributed by atoms with E-state index in [-0.39, 0.29) is 23.3 Å². The Morgan fingerprint density at radius 2 is 1.64 bits per heavy atom. The molecule has 0 bridgehead atoms. The second kappa shape index (κ2) is 12.4. The molecule has 2 unspecified atom stereocenters. The van der Waals surface area contributed by atoms with Gasteiger partial charge in [-0.25, -0.2) is 0 Å². The van der Waals surface area contributed by atoms with Crippen LogP contribution >= 0.6 is 0 Å². The number of fused-ring (bicyclic) bond motifs is 1. The molecule has 0 saturated heterocycles. The summed E-state index contributed by atoms with van der Waals surface area (Å²) in [5.74, 6) is -1.73. The van der Waals surface area contributed by atoms with Crippen LogP contribution in [0.5, 0.6) is 0 Å². The van der Waals surface area contributed by atoms with Crippen molar-refractivity contribution in [1.82, 2.24) is 10.2 Å². The van der Waals surface area contributed by atoms with E-state index >= 15 is 0 Å². The van der Waals surface area contributed by atoms with Crippen LogP contribution in [0.3, 0.4) is 0 Å². The molecule has 1 heterocycles. The van der Waals surface area contributed by atoms with Crippen molar-refractivity contribution in [2.24, 2.45) is 5.92 Å². The summed E-state index contributed by atoms with van der Waals surface area (Å²) >= 11 is 0. The lowest BCUT2D eigenvalue weighted by molar-refractivity contribution is -0.131. The van der Waals surface area contributed by atoms with Gasteiger partial charge in [-0.3, -0.25) is 19.2 Å². The fourth-order valence-corrected chi connectivity index (χ4v) is 5.09. The Balaban J connectivity index is 1.82. The standard InChI is InChI=1S/C31H34N4O4/c1-4-11-20(2)27(29(37)32-19-22-12-7-5-8-13-22)35-28(23-14-9-6-10-15-23)30(38)34-26-17-16-24(33-21(3)36)18-25(26)31(35)39/h5-10,12-18,20,27-28H,4,11,19H2,1-3H3,(H,32,37)(H,33,36)(H,34,38)/t20?,27?,28-/m0/s1. The maximum Gasteiger partial charge on any atom is 0.257 e. The zero-order valence-corrected chi connectivity index (χ0v) is 22.4. The molecule has 8 nitrogen and oxygen atoms in total. The Labute approximate surface area is 228 Å². The molecule has 1 aliphatic heterocycles. The first-order chi connectivity index (χ1) is 18.8. The molecule has 8 heteroatoms. The van der Waals surface area contributed by atoms with Crippen molar-refractivity contribution in [1.29, 1.82) is 0 Å². The van der Waals surface area contributed by atoms with Crippen LogP contribution < -0.4 is 16.0 Å². The average Bonchev–Trinajstić information content (AvgIpc) is 3.02. The van der Waals surface area contributed by atoms with Gasteiger partial charge < -0.3 is 20.9 Å². The summed E-state index contributed by atoms with van der Waals surface area (Å²) in [4.78, 5) is 55.2. The van der Waals surface area contributed by atoms with Crippen LogP contribution in [0.15, 0.2) is 78.9 Å². The molecule has 4 rings (SSSR count). The van der Waals surface area contributed by atoms with Crippen molar-refractivity contribution < 1.29 is 19.2 Å².